The molecular weight excluding hydrogens is 517 g/mol. The Labute approximate surface area is 221 Å². The fraction of sp³-hybridized carbons (Fsp3) is 0.520. The van der Waals surface area contributed by atoms with E-state index in [-0.39, 0.29) is 11.8 Å². The number of hydrogen-bond acceptors (Lipinski definition) is 8. The molecule has 1 aromatic carbocycles. The van der Waals surface area contributed by atoms with Gasteiger partial charge in [0.15, 0.2) is 5.13 Å². The van der Waals surface area contributed by atoms with Gasteiger partial charge in [-0.3, -0.25) is 9.69 Å². The molecule has 0 saturated carbocycles. The summed E-state index contributed by atoms with van der Waals surface area (Å²) in [7, 11) is -1.87. The van der Waals surface area contributed by atoms with E-state index in [0.29, 0.717) is 47.6 Å². The Morgan fingerprint density at radius 2 is 1.89 bits per heavy atom. The Kier molecular flexibility index (Phi) is 8.67. The van der Waals surface area contributed by atoms with Crippen LogP contribution in [0.4, 0.5) is 5.13 Å². The molecule has 0 atom stereocenters. The first-order valence-electron chi connectivity index (χ1n) is 12.3. The van der Waals surface area contributed by atoms with Crippen molar-refractivity contribution in [3.63, 3.8) is 0 Å². The van der Waals surface area contributed by atoms with E-state index in [1.54, 1.807) is 24.6 Å². The van der Waals surface area contributed by atoms with Gasteiger partial charge in [-0.05, 0) is 55.9 Å². The minimum Gasteiger partial charge on any atom is -0.494 e. The van der Waals surface area contributed by atoms with Crippen LogP contribution in [0.5, 0.6) is 5.75 Å². The average Bonchev–Trinajstić information content (AvgIpc) is 3.59. The van der Waals surface area contributed by atoms with Crippen LogP contribution in [-0.2, 0) is 14.8 Å². The second-order valence-corrected chi connectivity index (χ2v) is 13.0. The summed E-state index contributed by atoms with van der Waals surface area (Å²) in [6.45, 7) is 10.0. The Balaban J connectivity index is 1.57. The molecule has 1 fully saturated rings. The molecule has 1 amide bonds. The summed E-state index contributed by atoms with van der Waals surface area (Å²) >= 11 is 2.74. The van der Waals surface area contributed by atoms with Crippen LogP contribution in [0.3, 0.4) is 0 Å². The van der Waals surface area contributed by atoms with Gasteiger partial charge in [-0.25, -0.2) is 13.4 Å². The number of fused-ring (bicyclic) bond motifs is 1. The molecule has 0 unspecified atom stereocenters. The Morgan fingerprint density at radius 1 is 1.17 bits per heavy atom. The maximum atomic E-state index is 13.9. The number of aromatic nitrogens is 1. The van der Waals surface area contributed by atoms with E-state index in [9.17, 15) is 13.2 Å². The molecular formula is C25H34N4O4S3. The van der Waals surface area contributed by atoms with Gasteiger partial charge < -0.3 is 9.64 Å². The van der Waals surface area contributed by atoms with Crippen LogP contribution in [0.15, 0.2) is 33.9 Å². The number of methoxy groups -OCH3 is 1. The van der Waals surface area contributed by atoms with Crippen LogP contribution in [0, 0.1) is 12.8 Å². The van der Waals surface area contributed by atoms with E-state index in [0.717, 1.165) is 35.4 Å². The first-order valence-corrected chi connectivity index (χ1v) is 15.4. The van der Waals surface area contributed by atoms with Crippen LogP contribution in [0.25, 0.3) is 10.2 Å². The Morgan fingerprint density at radius 3 is 2.50 bits per heavy atom. The highest BCUT2D eigenvalue weighted by molar-refractivity contribution is 7.91. The molecule has 196 valence electrons. The van der Waals surface area contributed by atoms with Crippen molar-refractivity contribution in [3.8, 4) is 5.75 Å². The van der Waals surface area contributed by atoms with Gasteiger partial charge in [0.05, 0.1) is 11.8 Å². The maximum Gasteiger partial charge on any atom is 0.252 e. The SMILES string of the molecule is CCN(CC)CCN(C(=O)C1CCN(S(=O)(=O)c2cccs2)CC1)c1nc2c(OC)ccc(C)c2s1. The minimum absolute atomic E-state index is 0.0194. The lowest BCUT2D eigenvalue weighted by atomic mass is 9.96. The smallest absolute Gasteiger partial charge is 0.252 e. The maximum absolute atomic E-state index is 13.9. The number of ether oxygens (including phenoxy) is 1. The molecule has 2 aromatic heterocycles. The molecule has 1 saturated heterocycles. The van der Waals surface area contributed by atoms with Crippen molar-refractivity contribution in [1.82, 2.24) is 14.2 Å². The van der Waals surface area contributed by atoms with Gasteiger partial charge >= 0.3 is 0 Å². The number of sulfonamides is 1. The average molecular weight is 551 g/mol. The zero-order valence-corrected chi connectivity index (χ0v) is 23.7. The number of rotatable bonds is 10. The zero-order valence-electron chi connectivity index (χ0n) is 21.3. The van der Waals surface area contributed by atoms with Crippen molar-refractivity contribution < 1.29 is 17.9 Å². The van der Waals surface area contributed by atoms with E-state index < -0.39 is 10.0 Å². The molecule has 0 aliphatic carbocycles. The van der Waals surface area contributed by atoms with E-state index >= 15 is 0 Å². The van der Waals surface area contributed by atoms with Crippen molar-refractivity contribution in [1.29, 1.82) is 0 Å². The molecule has 3 aromatic rings. The number of thiophene rings is 1. The zero-order chi connectivity index (χ0) is 25.9. The van der Waals surface area contributed by atoms with Crippen molar-refractivity contribution >= 4 is 54.0 Å². The molecule has 1 aliphatic heterocycles. The Hall–Kier alpha value is -2.05. The predicted octanol–water partition coefficient (Wildman–Crippen LogP) is 4.45. The second-order valence-electron chi connectivity index (χ2n) is 8.89. The third kappa shape index (κ3) is 5.45. The number of carbonyl (C=O) groups excluding carboxylic acids is 1. The summed E-state index contributed by atoms with van der Waals surface area (Å²) in [4.78, 5) is 22.8. The van der Waals surface area contributed by atoms with Gasteiger partial charge in [0, 0.05) is 32.1 Å². The molecule has 36 heavy (non-hydrogen) atoms. The van der Waals surface area contributed by atoms with E-state index in [1.165, 1.54) is 27.0 Å². The summed E-state index contributed by atoms with van der Waals surface area (Å²) in [6, 6.07) is 7.30. The lowest BCUT2D eigenvalue weighted by molar-refractivity contribution is -0.123. The van der Waals surface area contributed by atoms with Crippen molar-refractivity contribution in [2.24, 2.45) is 5.92 Å². The molecule has 0 spiro atoms. The number of nitrogens with zero attached hydrogens (tertiary/aromatic N) is 4. The number of carbonyl (C=O) groups is 1. The van der Waals surface area contributed by atoms with Gasteiger partial charge in [-0.2, -0.15) is 4.31 Å². The van der Waals surface area contributed by atoms with E-state index in [4.69, 9.17) is 9.72 Å². The molecule has 0 bridgehead atoms. The molecule has 0 N–H and O–H groups in total. The molecule has 8 nitrogen and oxygen atoms in total. The van der Waals surface area contributed by atoms with Crippen LogP contribution < -0.4 is 9.64 Å². The van der Waals surface area contributed by atoms with Gasteiger partial charge in [0.1, 0.15) is 15.5 Å². The van der Waals surface area contributed by atoms with E-state index in [1.807, 2.05) is 24.0 Å². The predicted molar refractivity (Wildman–Crippen MR) is 147 cm³/mol. The van der Waals surface area contributed by atoms with Crippen molar-refractivity contribution in [2.45, 2.75) is 37.8 Å². The lowest BCUT2D eigenvalue weighted by Crippen LogP contribution is -2.46. The van der Waals surface area contributed by atoms with Gasteiger partial charge in [0.2, 0.25) is 5.91 Å². The quantitative estimate of drug-likeness (QED) is 0.371. The second kappa shape index (κ2) is 11.6. The molecule has 0 radical (unpaired) electrons. The number of likely N-dealkylation sites (N-methyl/N-ethyl adjacent to an activating group) is 1. The fourth-order valence-electron chi connectivity index (χ4n) is 4.56. The monoisotopic (exact) mass is 550 g/mol. The highest BCUT2D eigenvalue weighted by Crippen LogP contribution is 2.37. The lowest BCUT2D eigenvalue weighted by Gasteiger charge is -2.33. The standard InChI is InChI=1S/C25H34N4O4S3/c1-5-27(6-2)15-16-29(25-26-22-20(33-4)10-9-18(3)23(22)35-25)24(30)19-11-13-28(14-12-19)36(31,32)21-8-7-17-34-21/h7-10,17,19H,5-6,11-16H2,1-4H3. The molecule has 3 heterocycles. The van der Waals surface area contributed by atoms with Crippen molar-refractivity contribution in [2.75, 3.05) is 51.3 Å². The van der Waals surface area contributed by atoms with Gasteiger partial charge in [-0.1, -0.05) is 37.3 Å². The number of benzene rings is 1. The Bertz CT molecular complexity index is 1280. The number of anilines is 1. The summed E-state index contributed by atoms with van der Waals surface area (Å²) in [6.07, 6.45) is 0.997. The summed E-state index contributed by atoms with van der Waals surface area (Å²) in [5, 5.41) is 2.44. The van der Waals surface area contributed by atoms with Crippen LogP contribution in [-0.4, -0.2) is 74.9 Å². The van der Waals surface area contributed by atoms with Crippen LogP contribution in [0.1, 0.15) is 32.3 Å². The van der Waals surface area contributed by atoms with Crippen molar-refractivity contribution in [3.05, 3.63) is 35.2 Å². The minimum atomic E-state index is -3.50. The number of piperidine rings is 1. The van der Waals surface area contributed by atoms with Crippen LogP contribution in [0.2, 0.25) is 0 Å². The fourth-order valence-corrected chi connectivity index (χ4v) is 8.26. The highest BCUT2D eigenvalue weighted by atomic mass is 32.2. The largest absolute Gasteiger partial charge is 0.494 e. The number of aryl methyl sites for hydroxylation is 1. The number of amides is 1. The first kappa shape index (κ1) is 27.0. The summed E-state index contributed by atoms with van der Waals surface area (Å²) in [5.74, 6) is 0.471. The summed E-state index contributed by atoms with van der Waals surface area (Å²) < 4.78 is 34.3. The van der Waals surface area contributed by atoms with Gasteiger partial charge in [0.25, 0.3) is 10.0 Å². The third-order valence-electron chi connectivity index (χ3n) is 6.84. The topological polar surface area (TPSA) is 83.0 Å². The van der Waals surface area contributed by atoms with Crippen LogP contribution >= 0.6 is 22.7 Å². The number of hydrogen-bond donors (Lipinski definition) is 0. The number of thiazole rings is 1. The normalized spacial score (nSPS) is 15.6. The molecule has 4 rings (SSSR count). The highest BCUT2D eigenvalue weighted by Gasteiger charge is 2.35. The first-order chi connectivity index (χ1) is 17.3. The van der Waals surface area contributed by atoms with E-state index in [2.05, 4.69) is 18.7 Å². The molecule has 11 heteroatoms. The summed E-state index contributed by atoms with van der Waals surface area (Å²) in [5.41, 5.74) is 1.87. The van der Waals surface area contributed by atoms with Gasteiger partial charge in [-0.15, -0.1) is 11.3 Å². The molecule has 1 aliphatic rings. The third-order valence-corrected chi connectivity index (χ3v) is 11.3.